The maximum absolute atomic E-state index is 11.1. The Labute approximate surface area is 136 Å². The molecule has 126 valence electrons. The van der Waals surface area contributed by atoms with E-state index in [-0.39, 0.29) is 12.6 Å². The van der Waals surface area contributed by atoms with Gasteiger partial charge < -0.3 is 5.11 Å². The van der Waals surface area contributed by atoms with Crippen molar-refractivity contribution >= 4 is 5.97 Å². The van der Waals surface area contributed by atoms with E-state index in [1.807, 2.05) is 17.7 Å². The SMILES string of the molecule is CCCCCc1nc(-c2cc(C)n(C(C)C)n2)n(CC(=O)O)n1. The van der Waals surface area contributed by atoms with E-state index < -0.39 is 5.97 Å². The van der Waals surface area contributed by atoms with Gasteiger partial charge in [-0.2, -0.15) is 10.2 Å². The molecule has 2 aromatic rings. The molecule has 0 aromatic carbocycles. The molecule has 0 amide bonds. The average molecular weight is 319 g/mol. The van der Waals surface area contributed by atoms with Gasteiger partial charge in [-0.25, -0.2) is 9.67 Å². The lowest BCUT2D eigenvalue weighted by Gasteiger charge is -2.06. The van der Waals surface area contributed by atoms with Crippen molar-refractivity contribution in [3.8, 4) is 11.5 Å². The van der Waals surface area contributed by atoms with Crippen molar-refractivity contribution in [2.24, 2.45) is 0 Å². The van der Waals surface area contributed by atoms with E-state index in [1.165, 1.54) is 4.68 Å². The highest BCUT2D eigenvalue weighted by Gasteiger charge is 2.18. The molecule has 0 unspecified atom stereocenters. The van der Waals surface area contributed by atoms with Crippen LogP contribution in [0.3, 0.4) is 0 Å². The summed E-state index contributed by atoms with van der Waals surface area (Å²) in [4.78, 5) is 15.6. The van der Waals surface area contributed by atoms with Crippen LogP contribution in [0.2, 0.25) is 0 Å². The van der Waals surface area contributed by atoms with E-state index in [0.29, 0.717) is 17.3 Å². The average Bonchev–Trinajstić information content (AvgIpc) is 3.02. The van der Waals surface area contributed by atoms with Gasteiger partial charge in [-0.1, -0.05) is 19.8 Å². The lowest BCUT2D eigenvalue weighted by molar-refractivity contribution is -0.137. The number of hydrogen-bond donors (Lipinski definition) is 1. The van der Waals surface area contributed by atoms with Crippen LogP contribution in [0.25, 0.3) is 11.5 Å². The molecule has 0 aliphatic carbocycles. The van der Waals surface area contributed by atoms with Crippen LogP contribution in [0.1, 0.15) is 57.6 Å². The number of carboxylic acid groups (broad SMARTS) is 1. The third kappa shape index (κ3) is 4.18. The summed E-state index contributed by atoms with van der Waals surface area (Å²) < 4.78 is 3.35. The monoisotopic (exact) mass is 319 g/mol. The number of nitrogens with zero attached hydrogens (tertiary/aromatic N) is 5. The minimum absolute atomic E-state index is 0.205. The Kier molecular flexibility index (Phi) is 5.52. The molecule has 0 bridgehead atoms. The van der Waals surface area contributed by atoms with Crippen LogP contribution < -0.4 is 0 Å². The fourth-order valence-corrected chi connectivity index (χ4v) is 2.58. The Morgan fingerprint density at radius 2 is 2.04 bits per heavy atom. The standard InChI is InChI=1S/C16H25N5O2/c1-5-6-7-8-14-17-16(20(19-14)10-15(22)23)13-9-12(4)21(18-13)11(2)3/h9,11H,5-8,10H2,1-4H3,(H,22,23). The number of carboxylic acids is 1. The first kappa shape index (κ1) is 17.2. The number of carbonyl (C=O) groups is 1. The predicted molar refractivity (Wildman–Crippen MR) is 87.2 cm³/mol. The number of aliphatic carboxylic acids is 1. The van der Waals surface area contributed by atoms with Crippen LogP contribution in [0, 0.1) is 6.92 Å². The van der Waals surface area contributed by atoms with Gasteiger partial charge in [0.25, 0.3) is 0 Å². The Balaban J connectivity index is 2.34. The minimum atomic E-state index is -0.934. The van der Waals surface area contributed by atoms with Gasteiger partial charge in [0.15, 0.2) is 11.6 Å². The van der Waals surface area contributed by atoms with Gasteiger partial charge in [0.1, 0.15) is 12.2 Å². The van der Waals surface area contributed by atoms with Gasteiger partial charge in [0.05, 0.1) is 0 Å². The molecule has 0 aliphatic rings. The Bertz CT molecular complexity index is 672. The molecule has 23 heavy (non-hydrogen) atoms. The summed E-state index contributed by atoms with van der Waals surface area (Å²) in [5, 5.41) is 18.0. The molecule has 0 atom stereocenters. The van der Waals surface area contributed by atoms with Crippen molar-refractivity contribution in [2.75, 3.05) is 0 Å². The third-order valence-electron chi connectivity index (χ3n) is 3.65. The summed E-state index contributed by atoms with van der Waals surface area (Å²) in [5.74, 6) is 0.282. The molecule has 2 aromatic heterocycles. The van der Waals surface area contributed by atoms with Crippen LogP contribution in [-0.4, -0.2) is 35.6 Å². The second kappa shape index (κ2) is 7.39. The van der Waals surface area contributed by atoms with Crippen molar-refractivity contribution in [1.82, 2.24) is 24.5 Å². The zero-order valence-electron chi connectivity index (χ0n) is 14.3. The quantitative estimate of drug-likeness (QED) is 0.756. The van der Waals surface area contributed by atoms with Crippen molar-refractivity contribution in [1.29, 1.82) is 0 Å². The molecule has 7 heteroatoms. The summed E-state index contributed by atoms with van der Waals surface area (Å²) in [5.41, 5.74) is 1.69. The fourth-order valence-electron chi connectivity index (χ4n) is 2.58. The first-order chi connectivity index (χ1) is 10.9. The summed E-state index contributed by atoms with van der Waals surface area (Å²) in [6.07, 6.45) is 4.01. The molecule has 0 aliphatic heterocycles. The first-order valence-electron chi connectivity index (χ1n) is 8.14. The molecule has 0 radical (unpaired) electrons. The second-order valence-electron chi connectivity index (χ2n) is 6.07. The smallest absolute Gasteiger partial charge is 0.325 e. The summed E-state index contributed by atoms with van der Waals surface area (Å²) in [6, 6.07) is 2.17. The van der Waals surface area contributed by atoms with Gasteiger partial charge in [0, 0.05) is 18.2 Å². The van der Waals surface area contributed by atoms with Gasteiger partial charge in [-0.3, -0.25) is 9.48 Å². The van der Waals surface area contributed by atoms with E-state index in [0.717, 1.165) is 31.4 Å². The zero-order valence-corrected chi connectivity index (χ0v) is 14.3. The van der Waals surface area contributed by atoms with Gasteiger partial charge in [-0.05, 0) is 33.3 Å². The highest BCUT2D eigenvalue weighted by Crippen LogP contribution is 2.20. The topological polar surface area (TPSA) is 85.8 Å². The van der Waals surface area contributed by atoms with E-state index in [9.17, 15) is 4.79 Å². The van der Waals surface area contributed by atoms with Crippen LogP contribution in [0.5, 0.6) is 0 Å². The van der Waals surface area contributed by atoms with Crippen molar-refractivity contribution in [3.63, 3.8) is 0 Å². The Morgan fingerprint density at radius 3 is 2.61 bits per heavy atom. The van der Waals surface area contributed by atoms with E-state index in [1.54, 1.807) is 0 Å². The molecule has 0 saturated carbocycles. The normalized spacial score (nSPS) is 11.3. The number of aryl methyl sites for hydroxylation is 2. The molecule has 2 rings (SSSR count). The number of rotatable bonds is 8. The van der Waals surface area contributed by atoms with E-state index >= 15 is 0 Å². The summed E-state index contributed by atoms with van der Waals surface area (Å²) in [6.45, 7) is 8.04. The Hall–Kier alpha value is -2.18. The highest BCUT2D eigenvalue weighted by molar-refractivity contribution is 5.67. The van der Waals surface area contributed by atoms with Gasteiger partial charge in [0.2, 0.25) is 0 Å². The highest BCUT2D eigenvalue weighted by atomic mass is 16.4. The van der Waals surface area contributed by atoms with Crippen LogP contribution >= 0.6 is 0 Å². The molecule has 1 N–H and O–H groups in total. The van der Waals surface area contributed by atoms with E-state index in [4.69, 9.17) is 5.11 Å². The van der Waals surface area contributed by atoms with Crippen LogP contribution in [0.4, 0.5) is 0 Å². The molecule has 0 fully saturated rings. The zero-order chi connectivity index (χ0) is 17.0. The summed E-state index contributed by atoms with van der Waals surface area (Å²) >= 11 is 0. The summed E-state index contributed by atoms with van der Waals surface area (Å²) in [7, 11) is 0. The first-order valence-corrected chi connectivity index (χ1v) is 8.14. The number of aromatic nitrogens is 5. The fraction of sp³-hybridized carbons (Fsp3) is 0.625. The maximum Gasteiger partial charge on any atom is 0.325 e. The number of hydrogen-bond acceptors (Lipinski definition) is 4. The minimum Gasteiger partial charge on any atom is -0.480 e. The van der Waals surface area contributed by atoms with Crippen molar-refractivity contribution in [3.05, 3.63) is 17.6 Å². The largest absolute Gasteiger partial charge is 0.480 e. The molecule has 0 saturated heterocycles. The second-order valence-corrected chi connectivity index (χ2v) is 6.07. The van der Waals surface area contributed by atoms with Crippen molar-refractivity contribution < 1.29 is 9.90 Å². The van der Waals surface area contributed by atoms with Crippen molar-refractivity contribution in [2.45, 2.75) is 66.0 Å². The molecule has 2 heterocycles. The van der Waals surface area contributed by atoms with Gasteiger partial charge in [-0.15, -0.1) is 0 Å². The molecular formula is C16H25N5O2. The maximum atomic E-state index is 11.1. The Morgan fingerprint density at radius 1 is 1.30 bits per heavy atom. The third-order valence-corrected chi connectivity index (χ3v) is 3.65. The lowest BCUT2D eigenvalue weighted by atomic mass is 10.2. The van der Waals surface area contributed by atoms with Crippen LogP contribution in [-0.2, 0) is 17.8 Å². The van der Waals surface area contributed by atoms with E-state index in [2.05, 4.69) is 36.0 Å². The van der Waals surface area contributed by atoms with Gasteiger partial charge >= 0.3 is 5.97 Å². The lowest BCUT2D eigenvalue weighted by Crippen LogP contribution is -2.12. The van der Waals surface area contributed by atoms with Crippen LogP contribution in [0.15, 0.2) is 6.07 Å². The molecular weight excluding hydrogens is 294 g/mol. The predicted octanol–water partition coefficient (Wildman–Crippen LogP) is 2.85. The number of unbranched alkanes of at least 4 members (excludes halogenated alkanes) is 2. The molecule has 7 nitrogen and oxygen atoms in total. The molecule has 0 spiro atoms.